The minimum atomic E-state index is -0.793. The molecule has 1 aromatic carbocycles. The molecule has 0 radical (unpaired) electrons. The Morgan fingerprint density at radius 2 is 2.14 bits per heavy atom. The van der Waals surface area contributed by atoms with Crippen LogP contribution in [0.5, 0.6) is 5.88 Å². The zero-order valence-electron chi connectivity index (χ0n) is 10.3. The van der Waals surface area contributed by atoms with E-state index >= 15 is 0 Å². The Hall–Kier alpha value is -2.88. The number of amides is 1. The number of hydrogen-bond donors (Lipinski definition) is 3. The third-order valence-corrected chi connectivity index (χ3v) is 3.31. The number of aromatic hydroxyl groups is 1. The molecule has 0 aliphatic carbocycles. The molecule has 0 spiro atoms. The van der Waals surface area contributed by atoms with Crippen LogP contribution in [0.1, 0.15) is 10.4 Å². The maximum atomic E-state index is 11.2. The highest BCUT2D eigenvalue weighted by molar-refractivity contribution is 7.99. The topological polar surface area (TPSA) is 152 Å². The lowest BCUT2D eigenvalue weighted by atomic mass is 10.2. The number of nitro benzene ring substituents is 1. The number of hydrogen-bond acceptors (Lipinski definition) is 7. The standard InChI is InChI=1S/C11H8N4O5S/c12-10(18)5-1-2-7(6(3-5)15(19)20)21-11-13-8(16)4-9(17)14-11/h1-4H,(H2,12,18)(H2,13,14,16,17). The third kappa shape index (κ3) is 3.36. The van der Waals surface area contributed by atoms with Gasteiger partial charge in [-0.05, 0) is 23.9 Å². The van der Waals surface area contributed by atoms with Gasteiger partial charge in [-0.3, -0.25) is 19.7 Å². The third-order valence-electron chi connectivity index (χ3n) is 2.35. The summed E-state index contributed by atoms with van der Waals surface area (Å²) in [6, 6.07) is 4.53. The number of H-pyrrole nitrogens is 1. The van der Waals surface area contributed by atoms with E-state index in [1.165, 1.54) is 12.1 Å². The maximum Gasteiger partial charge on any atom is 0.284 e. The van der Waals surface area contributed by atoms with Crippen molar-refractivity contribution in [1.29, 1.82) is 0 Å². The highest BCUT2D eigenvalue weighted by atomic mass is 32.2. The first kappa shape index (κ1) is 14.5. The summed E-state index contributed by atoms with van der Waals surface area (Å²) in [5, 5.41) is 20.2. The predicted molar refractivity (Wildman–Crippen MR) is 72.3 cm³/mol. The number of carbonyl (C=O) groups is 1. The van der Waals surface area contributed by atoms with Crippen molar-refractivity contribution in [1.82, 2.24) is 9.97 Å². The molecule has 1 aromatic heterocycles. The van der Waals surface area contributed by atoms with Crippen LogP contribution in [0.3, 0.4) is 0 Å². The van der Waals surface area contributed by atoms with Gasteiger partial charge in [-0.2, -0.15) is 4.98 Å². The SMILES string of the molecule is NC(=O)c1ccc(Sc2nc(O)cc(=O)[nH]2)c([N+](=O)[O-])c1. The van der Waals surface area contributed by atoms with Crippen molar-refractivity contribution in [3.05, 3.63) is 50.3 Å². The second-order valence-electron chi connectivity index (χ2n) is 3.81. The average Bonchev–Trinajstić information content (AvgIpc) is 2.37. The van der Waals surface area contributed by atoms with Crippen molar-refractivity contribution in [2.45, 2.75) is 10.1 Å². The lowest BCUT2D eigenvalue weighted by molar-refractivity contribution is -0.387. The van der Waals surface area contributed by atoms with E-state index in [9.17, 15) is 24.8 Å². The number of nitrogens with two attached hydrogens (primary N) is 1. The van der Waals surface area contributed by atoms with Gasteiger partial charge in [0.15, 0.2) is 5.16 Å². The molecule has 0 atom stereocenters. The minimum Gasteiger partial charge on any atom is -0.493 e. The molecule has 0 aliphatic heterocycles. The lowest BCUT2D eigenvalue weighted by Gasteiger charge is -2.04. The van der Waals surface area contributed by atoms with Gasteiger partial charge in [0.1, 0.15) is 0 Å². The summed E-state index contributed by atoms with van der Waals surface area (Å²) in [4.78, 5) is 38.7. The molecule has 0 unspecified atom stereocenters. The quantitative estimate of drug-likeness (QED) is 0.425. The summed E-state index contributed by atoms with van der Waals surface area (Å²) in [5.41, 5.74) is 4.10. The zero-order valence-corrected chi connectivity index (χ0v) is 11.1. The van der Waals surface area contributed by atoms with E-state index < -0.39 is 22.3 Å². The first-order valence-corrected chi connectivity index (χ1v) is 6.25. The number of rotatable bonds is 4. The molecular weight excluding hydrogens is 300 g/mol. The number of nitrogens with one attached hydrogen (secondary N) is 1. The summed E-state index contributed by atoms with van der Waals surface area (Å²) in [6.45, 7) is 0. The second-order valence-corrected chi connectivity index (χ2v) is 4.85. The van der Waals surface area contributed by atoms with Crippen molar-refractivity contribution >= 4 is 23.4 Å². The Kier molecular flexibility index (Phi) is 3.89. The van der Waals surface area contributed by atoms with Crippen LogP contribution in [-0.4, -0.2) is 25.9 Å². The molecular formula is C11H8N4O5S. The van der Waals surface area contributed by atoms with Crippen molar-refractivity contribution in [2.24, 2.45) is 5.73 Å². The Morgan fingerprint density at radius 3 is 2.71 bits per heavy atom. The van der Waals surface area contributed by atoms with Gasteiger partial charge in [0, 0.05) is 11.6 Å². The average molecular weight is 308 g/mol. The second kappa shape index (κ2) is 5.63. The Labute approximate surface area is 121 Å². The van der Waals surface area contributed by atoms with Gasteiger partial charge in [0.25, 0.3) is 11.2 Å². The number of aromatic nitrogens is 2. The molecule has 0 aliphatic rings. The number of nitro groups is 1. The van der Waals surface area contributed by atoms with Crippen LogP contribution in [-0.2, 0) is 0 Å². The lowest BCUT2D eigenvalue weighted by Crippen LogP contribution is -2.11. The van der Waals surface area contributed by atoms with Crippen LogP contribution in [0.25, 0.3) is 0 Å². The van der Waals surface area contributed by atoms with E-state index in [4.69, 9.17) is 5.73 Å². The summed E-state index contributed by atoms with van der Waals surface area (Å²) in [5.74, 6) is -1.30. The summed E-state index contributed by atoms with van der Waals surface area (Å²) >= 11 is 0.771. The summed E-state index contributed by atoms with van der Waals surface area (Å²) in [6.07, 6.45) is 0. The normalized spacial score (nSPS) is 10.3. The van der Waals surface area contributed by atoms with Crippen LogP contribution < -0.4 is 11.3 Å². The molecule has 108 valence electrons. The maximum absolute atomic E-state index is 11.2. The number of primary amides is 1. The van der Waals surface area contributed by atoms with Gasteiger partial charge in [-0.1, -0.05) is 0 Å². The van der Waals surface area contributed by atoms with Crippen LogP contribution in [0, 0.1) is 10.1 Å². The molecule has 21 heavy (non-hydrogen) atoms. The molecule has 0 saturated heterocycles. The van der Waals surface area contributed by atoms with E-state index in [1.54, 1.807) is 0 Å². The monoisotopic (exact) mass is 308 g/mol. The van der Waals surface area contributed by atoms with Crippen LogP contribution in [0.4, 0.5) is 5.69 Å². The molecule has 0 bridgehead atoms. The largest absolute Gasteiger partial charge is 0.493 e. The summed E-state index contributed by atoms with van der Waals surface area (Å²) in [7, 11) is 0. The van der Waals surface area contributed by atoms with Gasteiger partial charge < -0.3 is 15.8 Å². The highest BCUT2D eigenvalue weighted by Crippen LogP contribution is 2.33. The fraction of sp³-hybridized carbons (Fsp3) is 0. The van der Waals surface area contributed by atoms with Gasteiger partial charge in [-0.15, -0.1) is 0 Å². The van der Waals surface area contributed by atoms with Gasteiger partial charge in [0.2, 0.25) is 11.8 Å². The fourth-order valence-electron chi connectivity index (χ4n) is 1.48. The first-order valence-electron chi connectivity index (χ1n) is 5.43. The van der Waals surface area contributed by atoms with Crippen LogP contribution in [0.2, 0.25) is 0 Å². The molecule has 4 N–H and O–H groups in total. The number of aromatic amines is 1. The van der Waals surface area contributed by atoms with Gasteiger partial charge in [-0.25, -0.2) is 0 Å². The van der Waals surface area contributed by atoms with E-state index in [1.807, 2.05) is 0 Å². The van der Waals surface area contributed by atoms with Crippen molar-refractivity contribution < 1.29 is 14.8 Å². The van der Waals surface area contributed by atoms with Crippen molar-refractivity contribution in [3.8, 4) is 5.88 Å². The number of carbonyl (C=O) groups excluding carboxylic acids is 1. The van der Waals surface area contributed by atoms with E-state index in [0.29, 0.717) is 0 Å². The number of nitrogens with zero attached hydrogens (tertiary/aromatic N) is 2. The van der Waals surface area contributed by atoms with E-state index in [0.717, 1.165) is 23.9 Å². The first-order chi connectivity index (χ1) is 9.86. The Balaban J connectivity index is 2.46. The van der Waals surface area contributed by atoms with Crippen molar-refractivity contribution in [3.63, 3.8) is 0 Å². The number of benzene rings is 1. The van der Waals surface area contributed by atoms with E-state index in [2.05, 4.69) is 9.97 Å². The predicted octanol–water partition coefficient (Wildman–Crippen LogP) is 0.634. The van der Waals surface area contributed by atoms with Gasteiger partial charge in [0.05, 0.1) is 15.9 Å². The molecule has 2 aromatic rings. The van der Waals surface area contributed by atoms with Crippen molar-refractivity contribution in [2.75, 3.05) is 0 Å². The highest BCUT2D eigenvalue weighted by Gasteiger charge is 2.18. The molecule has 1 heterocycles. The zero-order chi connectivity index (χ0) is 15.6. The Bertz CT molecular complexity index is 788. The molecule has 0 fully saturated rings. The molecule has 1 amide bonds. The van der Waals surface area contributed by atoms with Crippen LogP contribution >= 0.6 is 11.8 Å². The van der Waals surface area contributed by atoms with Gasteiger partial charge >= 0.3 is 0 Å². The van der Waals surface area contributed by atoms with E-state index in [-0.39, 0.29) is 21.3 Å². The van der Waals surface area contributed by atoms with Crippen LogP contribution in [0.15, 0.2) is 39.1 Å². The molecule has 9 nitrogen and oxygen atoms in total. The molecule has 0 saturated carbocycles. The smallest absolute Gasteiger partial charge is 0.284 e. The Morgan fingerprint density at radius 1 is 1.43 bits per heavy atom. The minimum absolute atomic E-state index is 0.0107. The molecule has 10 heteroatoms. The summed E-state index contributed by atoms with van der Waals surface area (Å²) < 4.78 is 0. The fourth-order valence-corrected chi connectivity index (χ4v) is 2.35. The molecule has 2 rings (SSSR count).